The number of amides is 1. The summed E-state index contributed by atoms with van der Waals surface area (Å²) in [6.07, 6.45) is 40.4. The van der Waals surface area contributed by atoms with E-state index in [2.05, 4.69) is 19.2 Å². The van der Waals surface area contributed by atoms with Crippen LogP contribution in [0.5, 0.6) is 0 Å². The fraction of sp³-hybridized carbons (Fsp3) is 0.930. The Balaban J connectivity index is 3.85. The number of nitrogens with two attached hydrogens (primary N) is 1. The molecular formula is C43H84N2O5. The van der Waals surface area contributed by atoms with Crippen LogP contribution >= 0.6 is 0 Å². The summed E-state index contributed by atoms with van der Waals surface area (Å²) in [7, 11) is 0. The van der Waals surface area contributed by atoms with Gasteiger partial charge in [-0.15, -0.1) is 0 Å². The van der Waals surface area contributed by atoms with Crippen molar-refractivity contribution in [2.24, 2.45) is 5.73 Å². The highest BCUT2D eigenvalue weighted by Crippen LogP contribution is 2.19. The van der Waals surface area contributed by atoms with Gasteiger partial charge in [0, 0.05) is 12.8 Å². The first-order valence-corrected chi connectivity index (χ1v) is 21.9. The summed E-state index contributed by atoms with van der Waals surface area (Å²) >= 11 is 0. The molecule has 2 atom stereocenters. The van der Waals surface area contributed by atoms with E-state index < -0.39 is 12.0 Å². The summed E-state index contributed by atoms with van der Waals surface area (Å²) in [6.45, 7) is 4.91. The molecule has 0 radical (unpaired) electrons. The van der Waals surface area contributed by atoms with Crippen LogP contribution in [0.1, 0.15) is 239 Å². The van der Waals surface area contributed by atoms with Gasteiger partial charge in [0.2, 0.25) is 5.91 Å². The summed E-state index contributed by atoms with van der Waals surface area (Å²) in [6, 6.07) is -0.859. The molecule has 0 heterocycles. The van der Waals surface area contributed by atoms with E-state index in [-0.39, 0.29) is 18.0 Å². The Morgan fingerprint density at radius 1 is 0.500 bits per heavy atom. The van der Waals surface area contributed by atoms with Crippen LogP contribution < -0.4 is 11.1 Å². The third-order valence-corrected chi connectivity index (χ3v) is 10.2. The highest BCUT2D eigenvalue weighted by molar-refractivity contribution is 5.83. The summed E-state index contributed by atoms with van der Waals surface area (Å²) in [5.74, 6) is -1.26. The lowest BCUT2D eigenvalue weighted by Crippen LogP contribution is -2.40. The normalized spacial score (nSPS) is 12.5. The van der Waals surface area contributed by atoms with Crippen molar-refractivity contribution in [3.63, 3.8) is 0 Å². The van der Waals surface area contributed by atoms with Crippen LogP contribution in [0.15, 0.2) is 0 Å². The molecule has 0 aromatic rings. The maximum absolute atomic E-state index is 12.6. The molecule has 4 N–H and O–H groups in total. The first-order valence-electron chi connectivity index (χ1n) is 21.9. The number of unbranched alkanes of at least 4 members (excludes halogenated alkanes) is 26. The first-order chi connectivity index (χ1) is 24.4. The van der Waals surface area contributed by atoms with Crippen molar-refractivity contribution >= 4 is 17.8 Å². The molecule has 0 aliphatic heterocycles. The van der Waals surface area contributed by atoms with Gasteiger partial charge in [-0.2, -0.15) is 0 Å². The van der Waals surface area contributed by atoms with Gasteiger partial charge < -0.3 is 20.9 Å². The van der Waals surface area contributed by atoms with E-state index in [0.29, 0.717) is 32.2 Å². The standard InChI is InChI=1S/C43H84N2O5/c1-3-5-7-9-10-11-12-13-14-15-16-17-18-19-20-21-22-23-24-25-31-37-42(47)50-39(33-28-8-6-4-2)34-29-26-27-30-36-41(46)45-40(43(48)49)35-32-38-44/h39-40H,3-38,44H2,1-2H3,(H,45,46)(H,48,49). The highest BCUT2D eigenvalue weighted by Gasteiger charge is 2.19. The summed E-state index contributed by atoms with van der Waals surface area (Å²) in [4.78, 5) is 36.1. The number of aliphatic carboxylic acids is 1. The number of esters is 1. The van der Waals surface area contributed by atoms with Crippen LogP contribution in [0, 0.1) is 0 Å². The average Bonchev–Trinajstić information content (AvgIpc) is 3.10. The Hall–Kier alpha value is -1.63. The van der Waals surface area contributed by atoms with Gasteiger partial charge in [0.05, 0.1) is 0 Å². The van der Waals surface area contributed by atoms with Crippen LogP contribution in [-0.4, -0.2) is 41.6 Å². The summed E-state index contributed by atoms with van der Waals surface area (Å²) in [5, 5.41) is 11.9. The maximum Gasteiger partial charge on any atom is 0.326 e. The summed E-state index contributed by atoms with van der Waals surface area (Å²) in [5.41, 5.74) is 5.47. The molecule has 0 saturated carbocycles. The molecule has 0 spiro atoms. The molecule has 7 nitrogen and oxygen atoms in total. The van der Waals surface area contributed by atoms with Crippen molar-refractivity contribution in [3.8, 4) is 0 Å². The number of carboxylic acid groups (broad SMARTS) is 1. The third kappa shape index (κ3) is 34.8. The van der Waals surface area contributed by atoms with Crippen LogP contribution in [0.2, 0.25) is 0 Å². The van der Waals surface area contributed by atoms with Crippen LogP contribution in [0.3, 0.4) is 0 Å². The topological polar surface area (TPSA) is 119 Å². The molecule has 0 aliphatic rings. The molecule has 50 heavy (non-hydrogen) atoms. The minimum atomic E-state index is -1.01. The van der Waals surface area contributed by atoms with Crippen LogP contribution in [0.25, 0.3) is 0 Å². The second-order valence-electron chi connectivity index (χ2n) is 15.1. The van der Waals surface area contributed by atoms with Crippen LogP contribution in [-0.2, 0) is 19.1 Å². The average molecular weight is 709 g/mol. The molecule has 1 amide bonds. The smallest absolute Gasteiger partial charge is 0.326 e. The molecule has 0 aliphatic carbocycles. The number of carbonyl (C=O) groups is 3. The van der Waals surface area contributed by atoms with E-state index in [0.717, 1.165) is 57.8 Å². The van der Waals surface area contributed by atoms with Crippen molar-refractivity contribution in [3.05, 3.63) is 0 Å². The van der Waals surface area contributed by atoms with Gasteiger partial charge in [-0.25, -0.2) is 4.79 Å². The number of hydrogen-bond acceptors (Lipinski definition) is 5. The fourth-order valence-electron chi connectivity index (χ4n) is 6.86. The zero-order valence-corrected chi connectivity index (χ0v) is 33.3. The lowest BCUT2D eigenvalue weighted by Gasteiger charge is -2.18. The van der Waals surface area contributed by atoms with Crippen molar-refractivity contribution in [1.29, 1.82) is 0 Å². The minimum Gasteiger partial charge on any atom is -0.480 e. The highest BCUT2D eigenvalue weighted by atomic mass is 16.5. The lowest BCUT2D eigenvalue weighted by atomic mass is 10.0. The van der Waals surface area contributed by atoms with Gasteiger partial charge >= 0.3 is 11.9 Å². The van der Waals surface area contributed by atoms with Gasteiger partial charge in [-0.05, 0) is 57.9 Å². The monoisotopic (exact) mass is 709 g/mol. The number of carbonyl (C=O) groups excluding carboxylic acids is 2. The minimum absolute atomic E-state index is 0.00331. The van der Waals surface area contributed by atoms with E-state index in [9.17, 15) is 19.5 Å². The van der Waals surface area contributed by atoms with E-state index in [1.165, 1.54) is 141 Å². The van der Waals surface area contributed by atoms with Crippen molar-refractivity contribution in [2.45, 2.75) is 251 Å². The van der Waals surface area contributed by atoms with Gasteiger partial charge in [0.25, 0.3) is 0 Å². The molecule has 0 rings (SSSR count). The number of hydrogen-bond donors (Lipinski definition) is 3. The Bertz CT molecular complexity index is 762. The predicted octanol–water partition coefficient (Wildman–Crippen LogP) is 12.1. The zero-order valence-electron chi connectivity index (χ0n) is 33.3. The van der Waals surface area contributed by atoms with Crippen LogP contribution in [0.4, 0.5) is 0 Å². The Morgan fingerprint density at radius 2 is 0.860 bits per heavy atom. The SMILES string of the molecule is CCCCCCCCCCCCCCCCCCCCCCCC(=O)OC(CCCCCC)CCCCCCC(=O)NC(CCCN)C(=O)O. The Kier molecular flexibility index (Phi) is 37.3. The largest absolute Gasteiger partial charge is 0.480 e. The Labute approximate surface area is 309 Å². The van der Waals surface area contributed by atoms with Gasteiger partial charge in [0.1, 0.15) is 12.1 Å². The first kappa shape index (κ1) is 48.4. The molecule has 296 valence electrons. The summed E-state index contributed by atoms with van der Waals surface area (Å²) < 4.78 is 5.95. The molecule has 0 aromatic heterocycles. The quantitative estimate of drug-likeness (QED) is 0.0430. The Morgan fingerprint density at radius 3 is 1.26 bits per heavy atom. The van der Waals surface area contributed by atoms with E-state index in [1.807, 2.05) is 0 Å². The number of carboxylic acids is 1. The van der Waals surface area contributed by atoms with E-state index in [4.69, 9.17) is 10.5 Å². The van der Waals surface area contributed by atoms with Gasteiger partial charge in [-0.3, -0.25) is 9.59 Å². The zero-order chi connectivity index (χ0) is 36.8. The van der Waals surface area contributed by atoms with E-state index >= 15 is 0 Å². The molecule has 2 unspecified atom stereocenters. The second-order valence-corrected chi connectivity index (χ2v) is 15.1. The second kappa shape index (κ2) is 38.6. The number of rotatable bonds is 40. The molecule has 0 bridgehead atoms. The predicted molar refractivity (Wildman–Crippen MR) is 211 cm³/mol. The number of ether oxygens (including phenoxy) is 1. The molecule has 7 heteroatoms. The number of nitrogens with one attached hydrogen (secondary N) is 1. The van der Waals surface area contributed by atoms with Crippen molar-refractivity contribution in [2.75, 3.05) is 6.54 Å². The molecule has 0 fully saturated rings. The maximum atomic E-state index is 12.6. The van der Waals surface area contributed by atoms with Crippen molar-refractivity contribution < 1.29 is 24.2 Å². The lowest BCUT2D eigenvalue weighted by molar-refractivity contribution is -0.150. The fourth-order valence-corrected chi connectivity index (χ4v) is 6.86. The van der Waals surface area contributed by atoms with Gasteiger partial charge in [0.15, 0.2) is 0 Å². The molecular weight excluding hydrogens is 624 g/mol. The van der Waals surface area contributed by atoms with Crippen molar-refractivity contribution in [1.82, 2.24) is 5.32 Å². The molecule has 0 saturated heterocycles. The molecule has 0 aromatic carbocycles. The van der Waals surface area contributed by atoms with Gasteiger partial charge in [-0.1, -0.05) is 174 Å². The third-order valence-electron chi connectivity index (χ3n) is 10.2. The van der Waals surface area contributed by atoms with E-state index in [1.54, 1.807) is 0 Å².